The first kappa shape index (κ1) is 16.8. The van der Waals surface area contributed by atoms with Crippen LogP contribution < -0.4 is 5.32 Å². The van der Waals surface area contributed by atoms with Gasteiger partial charge in [0.2, 0.25) is 5.91 Å². The molecule has 1 heterocycles. The highest BCUT2D eigenvalue weighted by Crippen LogP contribution is 2.40. The van der Waals surface area contributed by atoms with E-state index in [2.05, 4.69) is 5.32 Å². The summed E-state index contributed by atoms with van der Waals surface area (Å²) in [6.07, 6.45) is 2.89. The maximum Gasteiger partial charge on any atom is 0.240 e. The fourth-order valence-electron chi connectivity index (χ4n) is 3.39. The average Bonchev–Trinajstić information content (AvgIpc) is 3.45. The largest absolute Gasteiger partial charge is 0.394 e. The van der Waals surface area contributed by atoms with E-state index in [4.69, 9.17) is 4.98 Å². The van der Waals surface area contributed by atoms with E-state index in [1.807, 2.05) is 59.2 Å². The Morgan fingerprint density at radius 1 is 1.15 bits per heavy atom. The molecule has 4 rings (SSSR count). The van der Waals surface area contributed by atoms with Gasteiger partial charge in [0.05, 0.1) is 23.7 Å². The molecule has 3 aromatic rings. The van der Waals surface area contributed by atoms with Gasteiger partial charge >= 0.3 is 0 Å². The van der Waals surface area contributed by atoms with Crippen molar-refractivity contribution >= 4 is 16.9 Å². The molecule has 0 bridgehead atoms. The summed E-state index contributed by atoms with van der Waals surface area (Å²) in [5.41, 5.74) is 3.02. The Morgan fingerprint density at radius 3 is 2.62 bits per heavy atom. The van der Waals surface area contributed by atoms with Crippen LogP contribution in [-0.4, -0.2) is 33.2 Å². The van der Waals surface area contributed by atoms with Crippen molar-refractivity contribution in [2.75, 3.05) is 6.61 Å². The Kier molecular flexibility index (Phi) is 4.71. The number of aromatic nitrogens is 2. The van der Waals surface area contributed by atoms with Crippen LogP contribution in [0.1, 0.15) is 30.1 Å². The summed E-state index contributed by atoms with van der Waals surface area (Å²) in [5.74, 6) is 1.38. The highest BCUT2D eigenvalue weighted by atomic mass is 16.3. The smallest absolute Gasteiger partial charge is 0.240 e. The van der Waals surface area contributed by atoms with Gasteiger partial charge in [0, 0.05) is 5.92 Å². The van der Waals surface area contributed by atoms with Crippen molar-refractivity contribution in [2.24, 2.45) is 0 Å². The van der Waals surface area contributed by atoms with Crippen LogP contribution in [0.4, 0.5) is 0 Å². The second-order valence-corrected chi connectivity index (χ2v) is 6.96. The molecule has 1 atom stereocenters. The van der Waals surface area contributed by atoms with Gasteiger partial charge in [-0.15, -0.1) is 0 Å². The van der Waals surface area contributed by atoms with Crippen molar-refractivity contribution in [2.45, 2.75) is 37.8 Å². The minimum atomic E-state index is -0.288. The summed E-state index contributed by atoms with van der Waals surface area (Å²) in [4.78, 5) is 17.4. The molecule has 134 valence electrons. The maximum absolute atomic E-state index is 12.6. The average molecular weight is 349 g/mol. The molecule has 1 aliphatic rings. The highest BCUT2D eigenvalue weighted by Gasteiger charge is 2.30. The van der Waals surface area contributed by atoms with Crippen LogP contribution in [0, 0.1) is 0 Å². The number of hydrogen-bond acceptors (Lipinski definition) is 3. The van der Waals surface area contributed by atoms with Crippen LogP contribution in [0.2, 0.25) is 0 Å². The first-order valence-electron chi connectivity index (χ1n) is 9.14. The van der Waals surface area contributed by atoms with Gasteiger partial charge in [-0.25, -0.2) is 4.98 Å². The monoisotopic (exact) mass is 349 g/mol. The highest BCUT2D eigenvalue weighted by molar-refractivity contribution is 5.81. The number of imidazole rings is 1. The summed E-state index contributed by atoms with van der Waals surface area (Å²) < 4.78 is 2.03. The van der Waals surface area contributed by atoms with E-state index in [0.29, 0.717) is 12.3 Å². The second-order valence-electron chi connectivity index (χ2n) is 6.96. The standard InChI is InChI=1S/C21H23N3O2/c25-14-17(12-15-6-2-1-3-7-15)22-20(26)13-24-19-9-5-4-8-18(19)23-21(24)16-10-11-16/h1-9,16-17,25H,10-14H2,(H,22,26). The Bertz CT molecular complexity index is 900. The number of rotatable bonds is 7. The molecule has 1 saturated carbocycles. The number of aliphatic hydroxyl groups is 1. The fourth-order valence-corrected chi connectivity index (χ4v) is 3.39. The Labute approximate surface area is 152 Å². The van der Waals surface area contributed by atoms with Gasteiger partial charge in [0.1, 0.15) is 12.4 Å². The molecule has 1 fully saturated rings. The van der Waals surface area contributed by atoms with Crippen molar-refractivity contribution in [1.29, 1.82) is 0 Å². The normalized spacial score (nSPS) is 15.1. The van der Waals surface area contributed by atoms with Crippen molar-refractivity contribution in [3.8, 4) is 0 Å². The van der Waals surface area contributed by atoms with Gasteiger partial charge in [0.15, 0.2) is 0 Å². The third-order valence-electron chi connectivity index (χ3n) is 4.84. The molecule has 1 aromatic heterocycles. The van der Waals surface area contributed by atoms with Gasteiger partial charge in [-0.2, -0.15) is 0 Å². The zero-order valence-electron chi connectivity index (χ0n) is 14.6. The Balaban J connectivity index is 1.49. The molecular weight excluding hydrogens is 326 g/mol. The van der Waals surface area contributed by atoms with Crippen molar-refractivity contribution in [3.63, 3.8) is 0 Å². The summed E-state index contributed by atoms with van der Waals surface area (Å²) in [7, 11) is 0. The number of carbonyl (C=O) groups is 1. The van der Waals surface area contributed by atoms with E-state index in [9.17, 15) is 9.90 Å². The van der Waals surface area contributed by atoms with Crippen LogP contribution in [0.15, 0.2) is 54.6 Å². The molecule has 0 spiro atoms. The first-order valence-corrected chi connectivity index (χ1v) is 9.14. The van der Waals surface area contributed by atoms with E-state index in [0.717, 1.165) is 35.3 Å². The summed E-state index contributed by atoms with van der Waals surface area (Å²) in [5, 5.41) is 12.6. The quantitative estimate of drug-likeness (QED) is 0.689. The minimum Gasteiger partial charge on any atom is -0.394 e. The number of fused-ring (bicyclic) bond motifs is 1. The first-order chi connectivity index (χ1) is 12.7. The number of para-hydroxylation sites is 2. The molecule has 26 heavy (non-hydrogen) atoms. The van der Waals surface area contributed by atoms with E-state index in [1.165, 1.54) is 0 Å². The fraction of sp³-hybridized carbons (Fsp3) is 0.333. The summed E-state index contributed by atoms with van der Waals surface area (Å²) >= 11 is 0. The zero-order chi connectivity index (χ0) is 17.9. The number of nitrogens with zero attached hydrogens (tertiary/aromatic N) is 2. The number of carbonyl (C=O) groups excluding carboxylic acids is 1. The van der Waals surface area contributed by atoms with E-state index >= 15 is 0 Å². The molecular formula is C21H23N3O2. The van der Waals surface area contributed by atoms with Crippen LogP contribution >= 0.6 is 0 Å². The SMILES string of the molecule is O=C(Cn1c(C2CC2)nc2ccccc21)NC(CO)Cc1ccccc1. The molecule has 1 amide bonds. The van der Waals surface area contributed by atoms with Gasteiger partial charge < -0.3 is 15.0 Å². The van der Waals surface area contributed by atoms with E-state index < -0.39 is 0 Å². The van der Waals surface area contributed by atoms with E-state index in [1.54, 1.807) is 0 Å². The lowest BCUT2D eigenvalue weighted by atomic mass is 10.1. The van der Waals surface area contributed by atoms with Crippen molar-refractivity contribution < 1.29 is 9.90 Å². The number of aliphatic hydroxyl groups excluding tert-OH is 1. The van der Waals surface area contributed by atoms with Gasteiger partial charge in [-0.3, -0.25) is 4.79 Å². The summed E-state index contributed by atoms with van der Waals surface area (Å²) in [6.45, 7) is 0.151. The number of hydrogen-bond donors (Lipinski definition) is 2. The lowest BCUT2D eigenvalue weighted by molar-refractivity contribution is -0.122. The lowest BCUT2D eigenvalue weighted by Gasteiger charge is -2.17. The summed E-state index contributed by atoms with van der Waals surface area (Å²) in [6, 6.07) is 17.5. The third-order valence-corrected chi connectivity index (χ3v) is 4.84. The molecule has 1 unspecified atom stereocenters. The second kappa shape index (κ2) is 7.30. The minimum absolute atomic E-state index is 0.0825. The van der Waals surface area contributed by atoms with Gasteiger partial charge in [-0.1, -0.05) is 42.5 Å². The lowest BCUT2D eigenvalue weighted by Crippen LogP contribution is -2.41. The van der Waals surface area contributed by atoms with Crippen LogP contribution in [0.25, 0.3) is 11.0 Å². The number of nitrogens with one attached hydrogen (secondary N) is 1. The predicted molar refractivity (Wildman–Crippen MR) is 101 cm³/mol. The molecule has 5 nitrogen and oxygen atoms in total. The van der Waals surface area contributed by atoms with Crippen molar-refractivity contribution in [3.05, 3.63) is 66.0 Å². The van der Waals surface area contributed by atoms with Gasteiger partial charge in [0.25, 0.3) is 0 Å². The van der Waals surface area contributed by atoms with Crippen LogP contribution in [0.5, 0.6) is 0 Å². The third kappa shape index (κ3) is 3.63. The van der Waals surface area contributed by atoms with Crippen LogP contribution in [-0.2, 0) is 17.8 Å². The predicted octanol–water partition coefficient (Wildman–Crippen LogP) is 2.63. The van der Waals surface area contributed by atoms with Crippen molar-refractivity contribution in [1.82, 2.24) is 14.9 Å². The Hall–Kier alpha value is -2.66. The van der Waals surface area contributed by atoms with Gasteiger partial charge in [-0.05, 0) is 37.0 Å². The topological polar surface area (TPSA) is 67.2 Å². The molecule has 2 aromatic carbocycles. The molecule has 0 radical (unpaired) electrons. The maximum atomic E-state index is 12.6. The molecule has 5 heteroatoms. The number of amides is 1. The zero-order valence-corrected chi connectivity index (χ0v) is 14.6. The molecule has 1 aliphatic carbocycles. The van der Waals surface area contributed by atoms with E-state index in [-0.39, 0.29) is 25.1 Å². The number of benzene rings is 2. The molecule has 0 aliphatic heterocycles. The molecule has 0 saturated heterocycles. The van der Waals surface area contributed by atoms with Crippen LogP contribution in [0.3, 0.4) is 0 Å². The Morgan fingerprint density at radius 2 is 1.88 bits per heavy atom. The molecule has 2 N–H and O–H groups in total.